The van der Waals surface area contributed by atoms with Gasteiger partial charge in [0.1, 0.15) is 5.75 Å². The van der Waals surface area contributed by atoms with Crippen molar-refractivity contribution in [1.29, 1.82) is 0 Å². The molecule has 0 unspecified atom stereocenters. The van der Waals surface area contributed by atoms with Crippen LogP contribution in [0.15, 0.2) is 24.3 Å². The Morgan fingerprint density at radius 3 is 2.52 bits per heavy atom. The van der Waals surface area contributed by atoms with E-state index in [1.54, 1.807) is 13.2 Å². The van der Waals surface area contributed by atoms with Crippen LogP contribution >= 0.6 is 7.92 Å². The fourth-order valence-corrected chi connectivity index (χ4v) is 3.26. The van der Waals surface area contributed by atoms with E-state index in [0.717, 1.165) is 12.8 Å². The van der Waals surface area contributed by atoms with Crippen LogP contribution < -0.4 is 26.4 Å². The minimum atomic E-state index is -0.716. The molecule has 0 saturated heterocycles. The molecule has 0 radical (unpaired) electrons. The first kappa shape index (κ1) is 19.0. The molecule has 1 saturated carbocycles. The molecule has 1 heterocycles. The van der Waals surface area contributed by atoms with Crippen LogP contribution in [-0.4, -0.2) is 42.5 Å². The van der Waals surface area contributed by atoms with E-state index in [1.807, 2.05) is 18.2 Å². The number of amides is 2. The summed E-state index contributed by atoms with van der Waals surface area (Å²) >= 11 is 0. The summed E-state index contributed by atoms with van der Waals surface area (Å²) in [7, 11) is 1.31. The van der Waals surface area contributed by atoms with Crippen LogP contribution in [0.3, 0.4) is 0 Å². The lowest BCUT2D eigenvalue weighted by Gasteiger charge is -2.16. The topological polar surface area (TPSA) is 119 Å². The largest absolute Gasteiger partial charge is 0.495 e. The molecule has 2 aromatic rings. The van der Waals surface area contributed by atoms with Crippen LogP contribution in [0, 0.1) is 5.92 Å². The lowest BCUT2D eigenvalue weighted by Crippen LogP contribution is -2.19. The van der Waals surface area contributed by atoms with E-state index in [9.17, 15) is 9.59 Å². The molecule has 27 heavy (non-hydrogen) atoms. The summed E-state index contributed by atoms with van der Waals surface area (Å²) in [6.45, 7) is 4.31. The molecule has 3 rings (SSSR count). The first-order chi connectivity index (χ1) is 12.9. The Morgan fingerprint density at radius 1 is 1.19 bits per heavy atom. The van der Waals surface area contributed by atoms with Gasteiger partial charge in [-0.15, -0.1) is 10.2 Å². The predicted molar refractivity (Wildman–Crippen MR) is 107 cm³/mol. The van der Waals surface area contributed by atoms with E-state index in [0.29, 0.717) is 17.1 Å². The van der Waals surface area contributed by atoms with Crippen molar-refractivity contribution in [3.8, 4) is 5.75 Å². The molecule has 0 bridgehead atoms. The van der Waals surface area contributed by atoms with Crippen molar-refractivity contribution in [3.05, 3.63) is 30.0 Å². The van der Waals surface area contributed by atoms with Gasteiger partial charge in [0, 0.05) is 12.0 Å². The molecule has 9 heteroatoms. The Kier molecular flexibility index (Phi) is 5.56. The Balaban J connectivity index is 1.91. The average Bonchev–Trinajstić information content (AvgIpc) is 3.47. The zero-order valence-electron chi connectivity index (χ0n) is 15.4. The zero-order chi connectivity index (χ0) is 19.6. The standard InChI is InChI=1S/C18H22N5O3P/c1-26-14-8-11(27(2)3)6-7-12(14)20-13-9-15(21-18(25)10-4-5-10)22-23-16(13)17(19)24/h6-10H,4-5H2,1-3H3,(H2,19,24)(H2,20,21,22,25). The lowest BCUT2D eigenvalue weighted by molar-refractivity contribution is -0.117. The van der Waals surface area contributed by atoms with Crippen LogP contribution in [0.5, 0.6) is 5.75 Å². The van der Waals surface area contributed by atoms with E-state index in [2.05, 4.69) is 34.2 Å². The van der Waals surface area contributed by atoms with Gasteiger partial charge in [0.25, 0.3) is 5.91 Å². The van der Waals surface area contributed by atoms with Crippen molar-refractivity contribution in [2.24, 2.45) is 11.7 Å². The Bertz CT molecular complexity index is 883. The second-order valence-corrected chi connectivity index (χ2v) is 8.83. The van der Waals surface area contributed by atoms with Crippen LogP contribution in [-0.2, 0) is 4.79 Å². The van der Waals surface area contributed by atoms with Crippen LogP contribution in [0.4, 0.5) is 17.2 Å². The number of primary amides is 1. The van der Waals surface area contributed by atoms with Crippen molar-refractivity contribution in [2.75, 3.05) is 31.1 Å². The molecule has 2 amide bonds. The molecule has 0 spiro atoms. The molecule has 8 nitrogen and oxygen atoms in total. The van der Waals surface area contributed by atoms with E-state index in [-0.39, 0.29) is 31.3 Å². The smallest absolute Gasteiger partial charge is 0.271 e. The van der Waals surface area contributed by atoms with E-state index >= 15 is 0 Å². The van der Waals surface area contributed by atoms with Crippen molar-refractivity contribution in [3.63, 3.8) is 0 Å². The predicted octanol–water partition coefficient (Wildman–Crippen LogP) is 2.04. The number of aromatic nitrogens is 2. The van der Waals surface area contributed by atoms with Gasteiger partial charge in [-0.1, -0.05) is 14.0 Å². The van der Waals surface area contributed by atoms with Crippen LogP contribution in [0.1, 0.15) is 23.3 Å². The molecule has 4 N–H and O–H groups in total. The highest BCUT2D eigenvalue weighted by Crippen LogP contribution is 2.33. The van der Waals surface area contributed by atoms with Gasteiger partial charge in [0.05, 0.1) is 18.5 Å². The molecule has 1 fully saturated rings. The number of nitrogens with one attached hydrogen (secondary N) is 2. The van der Waals surface area contributed by atoms with Crippen LogP contribution in [0.2, 0.25) is 0 Å². The summed E-state index contributed by atoms with van der Waals surface area (Å²) in [4.78, 5) is 23.7. The summed E-state index contributed by atoms with van der Waals surface area (Å²) in [6, 6.07) is 7.39. The summed E-state index contributed by atoms with van der Waals surface area (Å²) in [5.41, 5.74) is 6.41. The molecule has 1 aromatic heterocycles. The van der Waals surface area contributed by atoms with E-state index in [4.69, 9.17) is 10.5 Å². The van der Waals surface area contributed by atoms with Gasteiger partial charge in [-0.25, -0.2) is 0 Å². The molecule has 142 valence electrons. The number of hydrogen-bond acceptors (Lipinski definition) is 6. The molecule has 1 aliphatic carbocycles. The minimum Gasteiger partial charge on any atom is -0.495 e. The van der Waals surface area contributed by atoms with E-state index < -0.39 is 5.91 Å². The zero-order valence-corrected chi connectivity index (χ0v) is 16.3. The third kappa shape index (κ3) is 4.52. The quantitative estimate of drug-likeness (QED) is 0.626. The number of carbonyl (C=O) groups excluding carboxylic acids is 2. The average molecular weight is 387 g/mol. The van der Waals surface area contributed by atoms with Gasteiger partial charge in [0.15, 0.2) is 11.5 Å². The maximum Gasteiger partial charge on any atom is 0.271 e. The van der Waals surface area contributed by atoms with Crippen molar-refractivity contribution in [1.82, 2.24) is 10.2 Å². The Morgan fingerprint density at radius 2 is 1.93 bits per heavy atom. The normalized spacial score (nSPS) is 13.3. The number of methoxy groups -OCH3 is 1. The van der Waals surface area contributed by atoms with Crippen molar-refractivity contribution < 1.29 is 14.3 Å². The lowest BCUT2D eigenvalue weighted by atomic mass is 10.2. The molecule has 1 aliphatic rings. The number of hydrogen-bond donors (Lipinski definition) is 3. The summed E-state index contributed by atoms with van der Waals surface area (Å²) < 4.78 is 5.47. The molecule has 0 aliphatic heterocycles. The number of nitrogens with zero attached hydrogens (tertiary/aromatic N) is 2. The number of nitrogens with two attached hydrogens (primary N) is 1. The first-order valence-electron chi connectivity index (χ1n) is 8.50. The molecular formula is C18H22N5O3P. The fourth-order valence-electron chi connectivity index (χ4n) is 2.51. The number of anilines is 3. The maximum absolute atomic E-state index is 12.0. The molecular weight excluding hydrogens is 365 g/mol. The van der Waals surface area contributed by atoms with Crippen LogP contribution in [0.25, 0.3) is 0 Å². The number of rotatable bonds is 7. The number of ether oxygens (including phenoxy) is 1. The molecule has 1 aromatic carbocycles. The second kappa shape index (κ2) is 7.88. The van der Waals surface area contributed by atoms with Crippen molar-refractivity contribution >= 4 is 42.2 Å². The summed E-state index contributed by atoms with van der Waals surface area (Å²) in [6.07, 6.45) is 1.76. The Hall–Kier alpha value is -2.73. The minimum absolute atomic E-state index is 0.0150. The summed E-state index contributed by atoms with van der Waals surface area (Å²) in [5.74, 6) is 0.124. The van der Waals surface area contributed by atoms with Gasteiger partial charge in [-0.3, -0.25) is 9.59 Å². The van der Waals surface area contributed by atoms with Gasteiger partial charge < -0.3 is 21.1 Å². The highest BCUT2D eigenvalue weighted by atomic mass is 31.1. The first-order valence-corrected chi connectivity index (χ1v) is 10.7. The van der Waals surface area contributed by atoms with Gasteiger partial charge >= 0.3 is 0 Å². The highest BCUT2D eigenvalue weighted by molar-refractivity contribution is 7.64. The SMILES string of the molecule is COc1cc(P(C)C)ccc1Nc1cc(NC(=O)C2CC2)nnc1C(N)=O. The highest BCUT2D eigenvalue weighted by Gasteiger charge is 2.30. The van der Waals surface area contributed by atoms with E-state index in [1.165, 1.54) is 5.30 Å². The Labute approximate surface area is 158 Å². The monoisotopic (exact) mass is 387 g/mol. The molecule has 0 atom stereocenters. The fraction of sp³-hybridized carbons (Fsp3) is 0.333. The third-order valence-corrected chi connectivity index (χ3v) is 5.51. The number of carbonyl (C=O) groups is 2. The van der Waals surface area contributed by atoms with Gasteiger partial charge in [-0.2, -0.15) is 0 Å². The third-order valence-electron chi connectivity index (χ3n) is 4.20. The summed E-state index contributed by atoms with van der Waals surface area (Å²) in [5, 5.41) is 14.8. The van der Waals surface area contributed by atoms with Gasteiger partial charge in [-0.05, 0) is 43.6 Å². The second-order valence-electron chi connectivity index (χ2n) is 6.52. The number of benzene rings is 1. The maximum atomic E-state index is 12.0. The van der Waals surface area contributed by atoms with Gasteiger partial charge in [0.2, 0.25) is 5.91 Å². The van der Waals surface area contributed by atoms with Crippen molar-refractivity contribution in [2.45, 2.75) is 12.8 Å².